The van der Waals surface area contributed by atoms with Crippen molar-refractivity contribution in [2.75, 3.05) is 0 Å². The molecule has 0 spiro atoms. The average molecular weight is 631 g/mol. The molecular weight excluding hydrogens is 603 g/mol. The quantitative estimate of drug-likeness (QED) is 0.200. The van der Waals surface area contributed by atoms with Crippen molar-refractivity contribution in [2.24, 2.45) is 0 Å². The molecule has 4 aromatic carbocycles. The first-order valence-corrected chi connectivity index (χ1v) is 24.0. The number of allylic oxidation sites excluding steroid dienone is 2. The molecule has 0 N–H and O–H groups in total. The summed E-state index contributed by atoms with van der Waals surface area (Å²) in [4.78, 5) is 0. The molecule has 0 saturated heterocycles. The molecule has 3 atom stereocenters. The second-order valence-corrected chi connectivity index (χ2v) is 31.1. The Hall–Kier alpha value is -2.55. The Labute approximate surface area is 220 Å². The minimum absolute atomic E-state index is 0.335. The Morgan fingerprint density at radius 1 is 0.543 bits per heavy atom. The molecule has 168 valence electrons. The van der Waals surface area contributed by atoms with Crippen LogP contribution in [0.3, 0.4) is 0 Å². The van der Waals surface area contributed by atoms with Crippen LogP contribution in [0, 0.1) is 0 Å². The van der Waals surface area contributed by atoms with Crippen LogP contribution >= 0.6 is 0 Å². The number of rotatable bonds is 4. The first kappa shape index (κ1) is 21.7. The number of hydrogen-bond donors (Lipinski definition) is 0. The first-order chi connectivity index (χ1) is 17.2. The molecule has 0 nitrogen and oxygen atoms in total. The third-order valence-electron chi connectivity index (χ3n) is 7.92. The predicted octanol–water partition coefficient (Wildman–Crippen LogP) is 8.14. The van der Waals surface area contributed by atoms with Crippen LogP contribution in [0.5, 0.6) is 0 Å². The normalized spacial score (nSPS) is 20.6. The molecule has 0 amide bonds. The molecule has 0 bridgehead atoms. The topological polar surface area (TPSA) is 0 Å². The number of fused-ring (bicyclic) bond motifs is 5. The number of hydrogen-bond acceptors (Lipinski definition) is 0. The summed E-state index contributed by atoms with van der Waals surface area (Å²) in [6.45, 7) is 5.18. The van der Waals surface area contributed by atoms with Crippen LogP contribution in [0.25, 0.3) is 23.3 Å². The second kappa shape index (κ2) is 8.53. The van der Waals surface area contributed by atoms with Gasteiger partial charge in [0.1, 0.15) is 0 Å². The van der Waals surface area contributed by atoms with Crippen LogP contribution in [0.15, 0.2) is 97.1 Å². The van der Waals surface area contributed by atoms with Gasteiger partial charge in [0.15, 0.2) is 0 Å². The van der Waals surface area contributed by atoms with E-state index in [1.807, 2.05) is 0 Å². The van der Waals surface area contributed by atoms with Gasteiger partial charge in [-0.15, -0.1) is 0 Å². The van der Waals surface area contributed by atoms with Gasteiger partial charge in [0.05, 0.1) is 0 Å². The molecule has 0 heterocycles. The Morgan fingerprint density at radius 3 is 1.86 bits per heavy atom. The van der Waals surface area contributed by atoms with Crippen molar-refractivity contribution >= 4 is 18.1 Å². The fourth-order valence-electron chi connectivity index (χ4n) is 6.50. The maximum atomic E-state index is 2.59. The summed E-state index contributed by atoms with van der Waals surface area (Å²) in [5.41, 5.74) is 15.1. The molecule has 4 aromatic rings. The van der Waals surface area contributed by atoms with E-state index in [-0.39, 0.29) is 0 Å². The van der Waals surface area contributed by atoms with E-state index in [9.17, 15) is 0 Å². The molecule has 0 saturated carbocycles. The molecule has 2 heteroatoms. The zero-order valence-electron chi connectivity index (χ0n) is 20.2. The van der Waals surface area contributed by atoms with E-state index >= 15 is 0 Å². The van der Waals surface area contributed by atoms with E-state index in [1.54, 1.807) is 16.7 Å². The van der Waals surface area contributed by atoms with Crippen molar-refractivity contribution in [3.8, 4) is 11.1 Å². The summed E-state index contributed by atoms with van der Waals surface area (Å²) in [5, 5.41) is 0. The molecule has 0 fully saturated rings. The third kappa shape index (κ3) is 3.41. The first-order valence-electron chi connectivity index (χ1n) is 12.8. The van der Waals surface area contributed by atoms with Crippen LogP contribution in [0.4, 0.5) is 0 Å². The van der Waals surface area contributed by atoms with Gasteiger partial charge in [0, 0.05) is 0 Å². The minimum atomic E-state index is -0.832. The third-order valence-corrected chi connectivity index (χ3v) is 21.8. The Balaban J connectivity index is 1.52. The summed E-state index contributed by atoms with van der Waals surface area (Å²) in [5.74, 6) is 0.0770. The van der Waals surface area contributed by atoms with Gasteiger partial charge >= 0.3 is 222 Å². The van der Waals surface area contributed by atoms with Gasteiger partial charge in [0.25, 0.3) is 0 Å². The van der Waals surface area contributed by atoms with Crippen LogP contribution in [0.1, 0.15) is 60.0 Å². The van der Waals surface area contributed by atoms with Crippen LogP contribution in [-0.2, 0) is 22.1 Å². The van der Waals surface area contributed by atoms with Crippen LogP contribution in [0.2, 0.25) is 13.1 Å². The molecule has 35 heavy (non-hydrogen) atoms. The van der Waals surface area contributed by atoms with E-state index in [2.05, 4.69) is 122 Å². The standard InChI is InChI=1S/C31H21.C2H7Si.Hf/c1-4-10-23-20(7-1)13-15-26(23)29-18-17-27-25-12-6-3-9-22(25)19-30(27)31(29)28-16-14-21-8-2-5-11-24(21)28;1-3-2;/h1-19,26,28H;3H,1-2H3;. The summed E-state index contributed by atoms with van der Waals surface area (Å²) >= 11 is -0.832. The summed E-state index contributed by atoms with van der Waals surface area (Å²) in [7, 11) is 0. The van der Waals surface area contributed by atoms with Gasteiger partial charge in [0.2, 0.25) is 0 Å². The van der Waals surface area contributed by atoms with Crippen molar-refractivity contribution in [3.63, 3.8) is 0 Å². The van der Waals surface area contributed by atoms with Crippen molar-refractivity contribution < 1.29 is 22.1 Å². The van der Waals surface area contributed by atoms with Gasteiger partial charge in [-0.2, -0.15) is 0 Å². The molecule has 0 radical (unpaired) electrons. The fraction of sp³-hybridized carbons (Fsp3) is 0.152. The van der Waals surface area contributed by atoms with E-state index in [0.29, 0.717) is 15.5 Å². The SMILES string of the molecule is C[SiH](C)[Hf][CH]1c2ccccc2-c2ccc(C3C=Cc4ccccc43)c(C3C=Cc4ccccc43)c21. The fourth-order valence-corrected chi connectivity index (χ4v) is 20.4. The van der Waals surface area contributed by atoms with Crippen molar-refractivity contribution in [1.29, 1.82) is 0 Å². The van der Waals surface area contributed by atoms with Gasteiger partial charge < -0.3 is 0 Å². The summed E-state index contributed by atoms with van der Waals surface area (Å²) in [6.07, 6.45) is 9.62. The van der Waals surface area contributed by atoms with Gasteiger partial charge in [-0.1, -0.05) is 0 Å². The van der Waals surface area contributed by atoms with E-state index in [4.69, 9.17) is 0 Å². The van der Waals surface area contributed by atoms with Gasteiger partial charge in [-0.05, 0) is 0 Å². The van der Waals surface area contributed by atoms with E-state index in [0.717, 1.165) is 0 Å². The molecule has 7 rings (SSSR count). The maximum absolute atomic E-state index is 2.59. The average Bonchev–Trinajstić information content (AvgIpc) is 3.58. The molecule has 0 aromatic heterocycles. The van der Waals surface area contributed by atoms with Gasteiger partial charge in [-0.25, -0.2) is 0 Å². The Kier molecular flexibility index (Phi) is 5.29. The van der Waals surface area contributed by atoms with Crippen molar-refractivity contribution in [1.82, 2.24) is 0 Å². The van der Waals surface area contributed by atoms with E-state index in [1.165, 1.54) is 38.9 Å². The summed E-state index contributed by atoms with van der Waals surface area (Å²) < 4.78 is 0.699. The van der Waals surface area contributed by atoms with Crippen molar-refractivity contribution in [3.05, 3.63) is 142 Å². The van der Waals surface area contributed by atoms with Crippen molar-refractivity contribution in [2.45, 2.75) is 28.6 Å². The molecule has 0 aliphatic heterocycles. The van der Waals surface area contributed by atoms with Crippen LogP contribution in [-0.4, -0.2) is 5.98 Å². The van der Waals surface area contributed by atoms with E-state index < -0.39 is 28.1 Å². The Bertz CT molecular complexity index is 1530. The Morgan fingerprint density at radius 2 is 1.14 bits per heavy atom. The molecule has 3 aliphatic carbocycles. The summed E-state index contributed by atoms with van der Waals surface area (Å²) in [6, 6.07) is 32.3. The zero-order chi connectivity index (χ0) is 23.5. The number of benzene rings is 4. The predicted molar refractivity (Wildman–Crippen MR) is 147 cm³/mol. The molecule has 3 aliphatic rings. The van der Waals surface area contributed by atoms with Crippen LogP contribution < -0.4 is 0 Å². The second-order valence-electron chi connectivity index (χ2n) is 10.3. The molecule has 3 unspecified atom stereocenters. The molecular formula is C33H28HfSi. The zero-order valence-corrected chi connectivity index (χ0v) is 24.9. The van der Waals surface area contributed by atoms with Gasteiger partial charge in [-0.3, -0.25) is 0 Å². The monoisotopic (exact) mass is 632 g/mol.